The van der Waals surface area contributed by atoms with Crippen LogP contribution < -0.4 is 10.4 Å². The maximum atomic E-state index is 13.6. The van der Waals surface area contributed by atoms with Crippen LogP contribution in [0.5, 0.6) is 11.5 Å². The summed E-state index contributed by atoms with van der Waals surface area (Å²) in [4.78, 5) is 38.9. The lowest BCUT2D eigenvalue weighted by molar-refractivity contribution is -0.353. The molecule has 4 aromatic rings. The van der Waals surface area contributed by atoms with E-state index in [1.807, 2.05) is 0 Å². The van der Waals surface area contributed by atoms with E-state index in [1.54, 1.807) is 44.2 Å². The second-order valence-electron chi connectivity index (χ2n) is 12.8. The van der Waals surface area contributed by atoms with Crippen LogP contribution in [0.25, 0.3) is 32.5 Å². The zero-order valence-electron chi connectivity index (χ0n) is 27.2. The van der Waals surface area contributed by atoms with Gasteiger partial charge in [0.25, 0.3) is 0 Å². The molecule has 0 unspecified atom stereocenters. The van der Waals surface area contributed by atoms with Gasteiger partial charge in [0.15, 0.2) is 24.3 Å². The van der Waals surface area contributed by atoms with E-state index in [1.165, 1.54) is 14.0 Å². The number of rotatable bonds is 6. The summed E-state index contributed by atoms with van der Waals surface area (Å²) in [5.74, 6) is -1.18. The summed E-state index contributed by atoms with van der Waals surface area (Å²) in [5, 5.41) is 45.5. The first kappa shape index (κ1) is 33.4. The van der Waals surface area contributed by atoms with Crippen molar-refractivity contribution in [2.75, 3.05) is 7.11 Å². The standard InChI is InChI=1S/C35H36O14/c1-12-9-10-20-24-21(12)18(37)11-17-22-16(28(40)25(23(17)24)33(42)47-20)7-6-8-19(22)48-34-31(29(41)26(38)13(2)44-34)49-35-32(46-15(4)36)30(43-5)27(39)14(3)45-35/h6-10,13-14,26-27,29-32,34-35,38-41H,11H2,1-5H3/t13-,14-,26+,27+,29+,30+,31-,32-,34+,35-/m1/s1. The number of ketones is 1. The summed E-state index contributed by atoms with van der Waals surface area (Å²) in [6.45, 7) is 6.04. The van der Waals surface area contributed by atoms with Gasteiger partial charge in [0.2, 0.25) is 6.29 Å². The predicted molar refractivity (Wildman–Crippen MR) is 170 cm³/mol. The molecule has 3 aliphatic rings. The number of phenols is 1. The molecular weight excluding hydrogens is 644 g/mol. The van der Waals surface area contributed by atoms with E-state index in [0.29, 0.717) is 32.8 Å². The van der Waals surface area contributed by atoms with Crippen LogP contribution in [-0.4, -0.2) is 101 Å². The fourth-order valence-corrected chi connectivity index (χ4v) is 7.30. The topological polar surface area (TPSA) is 201 Å². The SMILES string of the molecule is CO[C@H]1[C@@H](O)[C@@H](C)O[C@H](O[C@H]2[C@H](Oc3cccc4c(O)c5c(=O)oc6ccc(C)c7c6c5c(c34)CC7=O)O[C@H](C)[C@H](O)[C@@H]2O)[C@@H]1OC(C)=O. The predicted octanol–water partition coefficient (Wildman–Crippen LogP) is 2.14. The molecule has 14 nitrogen and oxygen atoms in total. The number of Topliss-reactive ketones (excluding diaryl/α,β-unsaturated/α-hetero) is 1. The molecule has 3 heterocycles. The number of esters is 1. The van der Waals surface area contributed by atoms with Crippen molar-refractivity contribution in [3.63, 3.8) is 0 Å². The number of hydrogen-bond donors (Lipinski definition) is 4. The van der Waals surface area contributed by atoms with Crippen LogP contribution in [0.2, 0.25) is 0 Å². The maximum Gasteiger partial charge on any atom is 0.348 e. The van der Waals surface area contributed by atoms with Crippen molar-refractivity contribution in [1.82, 2.24) is 0 Å². The Hall–Kier alpha value is -4.15. The molecule has 0 radical (unpaired) electrons. The molecule has 3 aromatic carbocycles. The number of ether oxygens (including phenoxy) is 6. The van der Waals surface area contributed by atoms with Gasteiger partial charge in [-0.25, -0.2) is 4.79 Å². The van der Waals surface area contributed by atoms with Crippen molar-refractivity contribution in [2.24, 2.45) is 0 Å². The summed E-state index contributed by atoms with van der Waals surface area (Å²) >= 11 is 0. The number of aliphatic hydroxyl groups is 3. The summed E-state index contributed by atoms with van der Waals surface area (Å²) in [7, 11) is 1.32. The van der Waals surface area contributed by atoms with Gasteiger partial charge in [0, 0.05) is 47.6 Å². The molecule has 2 fully saturated rings. The molecule has 4 N–H and O–H groups in total. The van der Waals surface area contributed by atoms with E-state index in [0.717, 1.165) is 6.92 Å². The first-order valence-corrected chi connectivity index (χ1v) is 15.9. The second kappa shape index (κ2) is 12.3. The fraction of sp³-hybridized carbons (Fsp3) is 0.457. The van der Waals surface area contributed by atoms with Crippen molar-refractivity contribution < 1.29 is 62.9 Å². The van der Waals surface area contributed by atoms with Crippen molar-refractivity contribution in [1.29, 1.82) is 0 Å². The average Bonchev–Trinajstić information content (AvgIpc) is 3.05. The average molecular weight is 681 g/mol. The minimum absolute atomic E-state index is 0.0660. The number of benzene rings is 3. The molecule has 1 aromatic heterocycles. The summed E-state index contributed by atoms with van der Waals surface area (Å²) < 4.78 is 40.9. The molecule has 260 valence electrons. The van der Waals surface area contributed by atoms with Crippen molar-refractivity contribution in [3.8, 4) is 11.5 Å². The van der Waals surface area contributed by atoms with Crippen LogP contribution in [-0.2, 0) is 34.9 Å². The normalized spacial score (nSPS) is 31.5. The van der Waals surface area contributed by atoms with Crippen molar-refractivity contribution in [2.45, 2.75) is 95.5 Å². The molecule has 0 amide bonds. The minimum atomic E-state index is -1.61. The monoisotopic (exact) mass is 680 g/mol. The lowest BCUT2D eigenvalue weighted by Gasteiger charge is -2.46. The van der Waals surface area contributed by atoms with E-state index < -0.39 is 73.0 Å². The Kier molecular flexibility index (Phi) is 8.38. The molecule has 14 heteroatoms. The Balaban J connectivity index is 1.36. The van der Waals surface area contributed by atoms with Crippen LogP contribution >= 0.6 is 0 Å². The molecule has 49 heavy (non-hydrogen) atoms. The largest absolute Gasteiger partial charge is 0.506 e. The number of aromatic hydroxyl groups is 1. The molecule has 0 bridgehead atoms. The number of fused-ring (bicyclic) bond motifs is 2. The molecular formula is C35H36O14. The smallest absolute Gasteiger partial charge is 0.348 e. The molecule has 7 rings (SSSR count). The molecule has 0 saturated carbocycles. The molecule has 1 aliphatic carbocycles. The number of carbonyl (C=O) groups is 2. The molecule has 2 aliphatic heterocycles. The summed E-state index contributed by atoms with van der Waals surface area (Å²) in [5.41, 5.74) is 0.946. The highest BCUT2D eigenvalue weighted by molar-refractivity contribution is 6.27. The Morgan fingerprint density at radius 3 is 2.29 bits per heavy atom. The first-order chi connectivity index (χ1) is 23.3. The van der Waals surface area contributed by atoms with Gasteiger partial charge in [0.1, 0.15) is 46.9 Å². The lowest BCUT2D eigenvalue weighted by Crippen LogP contribution is -2.64. The Labute approximate surface area is 278 Å². The second-order valence-corrected chi connectivity index (χ2v) is 12.8. The van der Waals surface area contributed by atoms with Gasteiger partial charge < -0.3 is 53.3 Å². The Morgan fingerprint density at radius 2 is 1.57 bits per heavy atom. The van der Waals surface area contributed by atoms with Gasteiger partial charge in [0.05, 0.1) is 12.2 Å². The summed E-state index contributed by atoms with van der Waals surface area (Å²) in [6.07, 6.45) is -12.8. The quantitative estimate of drug-likeness (QED) is 0.0999. The first-order valence-electron chi connectivity index (χ1n) is 15.9. The van der Waals surface area contributed by atoms with Gasteiger partial charge in [-0.15, -0.1) is 0 Å². The van der Waals surface area contributed by atoms with Crippen LogP contribution in [0.15, 0.2) is 39.5 Å². The number of hydrogen-bond acceptors (Lipinski definition) is 14. The van der Waals surface area contributed by atoms with E-state index in [9.17, 15) is 34.8 Å². The van der Waals surface area contributed by atoms with E-state index >= 15 is 0 Å². The van der Waals surface area contributed by atoms with Gasteiger partial charge in [-0.05, 0) is 44.0 Å². The molecule has 0 spiro atoms. The number of aryl methyl sites for hydroxylation is 1. The van der Waals surface area contributed by atoms with Gasteiger partial charge in [-0.3, -0.25) is 9.59 Å². The maximum absolute atomic E-state index is 13.6. The van der Waals surface area contributed by atoms with Crippen LogP contribution in [0.3, 0.4) is 0 Å². The van der Waals surface area contributed by atoms with Gasteiger partial charge in [-0.1, -0.05) is 18.2 Å². The third kappa shape index (κ3) is 5.26. The van der Waals surface area contributed by atoms with E-state index in [-0.39, 0.29) is 40.1 Å². The number of phenolic OH excluding ortho intramolecular Hbond substituents is 1. The number of aliphatic hydroxyl groups excluding tert-OH is 3. The zero-order valence-corrected chi connectivity index (χ0v) is 27.2. The minimum Gasteiger partial charge on any atom is -0.506 e. The highest BCUT2D eigenvalue weighted by Crippen LogP contribution is 2.47. The zero-order chi connectivity index (χ0) is 35.0. The van der Waals surface area contributed by atoms with Gasteiger partial charge >= 0.3 is 11.6 Å². The number of carbonyl (C=O) groups excluding carboxylic acids is 2. The third-order valence-corrected chi connectivity index (χ3v) is 9.67. The highest BCUT2D eigenvalue weighted by atomic mass is 16.8. The summed E-state index contributed by atoms with van der Waals surface area (Å²) in [6, 6.07) is 8.02. The Bertz CT molecular complexity index is 2050. The van der Waals surface area contributed by atoms with Crippen LogP contribution in [0, 0.1) is 6.92 Å². The number of methoxy groups -OCH3 is 1. The van der Waals surface area contributed by atoms with E-state index in [4.69, 9.17) is 32.8 Å². The van der Waals surface area contributed by atoms with E-state index in [2.05, 4.69) is 0 Å². The van der Waals surface area contributed by atoms with Crippen LogP contribution in [0.4, 0.5) is 0 Å². The van der Waals surface area contributed by atoms with Crippen molar-refractivity contribution >= 4 is 44.3 Å². The highest BCUT2D eigenvalue weighted by Gasteiger charge is 2.52. The fourth-order valence-electron chi connectivity index (χ4n) is 7.30. The van der Waals surface area contributed by atoms with Crippen molar-refractivity contribution in [3.05, 3.63) is 57.4 Å². The van der Waals surface area contributed by atoms with Gasteiger partial charge in [-0.2, -0.15) is 0 Å². The molecule has 2 saturated heterocycles. The van der Waals surface area contributed by atoms with Crippen LogP contribution in [0.1, 0.15) is 42.3 Å². The third-order valence-electron chi connectivity index (χ3n) is 9.67. The Morgan fingerprint density at radius 1 is 0.857 bits per heavy atom. The lowest BCUT2D eigenvalue weighted by atomic mass is 9.82. The molecule has 10 atom stereocenters.